The number of carbonyl (C=O) groups excluding carboxylic acids is 1. The molecule has 6 nitrogen and oxygen atoms in total. The zero-order chi connectivity index (χ0) is 20.2. The van der Waals surface area contributed by atoms with Gasteiger partial charge in [0.05, 0.1) is 16.7 Å². The summed E-state index contributed by atoms with van der Waals surface area (Å²) in [7, 11) is 1.71. The van der Waals surface area contributed by atoms with Gasteiger partial charge in [-0.2, -0.15) is 0 Å². The Bertz CT molecular complexity index is 1060. The fourth-order valence-electron chi connectivity index (χ4n) is 3.54. The number of piperazine rings is 1. The van der Waals surface area contributed by atoms with Gasteiger partial charge < -0.3 is 4.90 Å². The van der Waals surface area contributed by atoms with Crippen LogP contribution >= 0.6 is 11.8 Å². The number of benzene rings is 2. The second kappa shape index (κ2) is 8.80. The number of rotatable bonds is 5. The highest BCUT2D eigenvalue weighted by atomic mass is 32.2. The lowest BCUT2D eigenvalue weighted by Gasteiger charge is -2.34. The SMILES string of the molecule is Cn1c(SCC(=O)N2CCN(Cc3ccccc3)CC2)nc2ccccc2c1=O. The molecule has 3 aromatic rings. The van der Waals surface area contributed by atoms with Crippen LogP contribution < -0.4 is 5.56 Å². The third-order valence-electron chi connectivity index (χ3n) is 5.24. The van der Waals surface area contributed by atoms with E-state index in [-0.39, 0.29) is 17.2 Å². The minimum absolute atomic E-state index is 0.0833. The van der Waals surface area contributed by atoms with Gasteiger partial charge in [-0.15, -0.1) is 0 Å². The Kier molecular flexibility index (Phi) is 5.97. The number of nitrogens with zero attached hydrogens (tertiary/aromatic N) is 4. The number of carbonyl (C=O) groups is 1. The van der Waals surface area contributed by atoms with Crippen LogP contribution in [-0.2, 0) is 18.4 Å². The zero-order valence-electron chi connectivity index (χ0n) is 16.5. The van der Waals surface area contributed by atoms with Crippen molar-refractivity contribution in [2.45, 2.75) is 11.7 Å². The summed E-state index contributed by atoms with van der Waals surface area (Å²) in [6, 6.07) is 17.7. The fourth-order valence-corrected chi connectivity index (χ4v) is 4.42. The average molecular weight is 409 g/mol. The Hall–Kier alpha value is -2.64. The third kappa shape index (κ3) is 4.52. The maximum atomic E-state index is 12.7. The molecular weight excluding hydrogens is 384 g/mol. The minimum Gasteiger partial charge on any atom is -0.339 e. The van der Waals surface area contributed by atoms with Gasteiger partial charge in [0.1, 0.15) is 0 Å². The first-order valence-corrected chi connectivity index (χ1v) is 10.7. The highest BCUT2D eigenvalue weighted by Crippen LogP contribution is 2.18. The number of para-hydroxylation sites is 1. The Morgan fingerprint density at radius 2 is 1.69 bits per heavy atom. The van der Waals surface area contributed by atoms with Crippen molar-refractivity contribution in [1.29, 1.82) is 0 Å². The van der Waals surface area contributed by atoms with Crippen molar-refractivity contribution in [3.8, 4) is 0 Å². The predicted molar refractivity (Wildman–Crippen MR) is 116 cm³/mol. The van der Waals surface area contributed by atoms with Gasteiger partial charge in [-0.3, -0.25) is 19.1 Å². The summed E-state index contributed by atoms with van der Waals surface area (Å²) in [5.41, 5.74) is 1.88. The first-order chi connectivity index (χ1) is 14.1. The van der Waals surface area contributed by atoms with Crippen molar-refractivity contribution in [2.75, 3.05) is 31.9 Å². The molecule has 0 aliphatic carbocycles. The fraction of sp³-hybridized carbons (Fsp3) is 0.318. The van der Waals surface area contributed by atoms with Crippen LogP contribution in [0.25, 0.3) is 10.9 Å². The van der Waals surface area contributed by atoms with Crippen LogP contribution in [0.15, 0.2) is 64.5 Å². The molecule has 1 saturated heterocycles. The summed E-state index contributed by atoms with van der Waals surface area (Å²) in [5, 5.41) is 1.17. The molecule has 0 radical (unpaired) electrons. The van der Waals surface area contributed by atoms with Crippen molar-refractivity contribution in [1.82, 2.24) is 19.4 Å². The Labute approximate surface area is 174 Å². The summed E-state index contributed by atoms with van der Waals surface area (Å²) in [6.07, 6.45) is 0. The molecule has 0 bridgehead atoms. The van der Waals surface area contributed by atoms with Gasteiger partial charge in [-0.25, -0.2) is 4.98 Å². The maximum absolute atomic E-state index is 12.7. The van der Waals surface area contributed by atoms with Crippen LogP contribution in [0, 0.1) is 0 Å². The first kappa shape index (κ1) is 19.7. The van der Waals surface area contributed by atoms with Crippen LogP contribution in [0.1, 0.15) is 5.56 Å². The second-order valence-electron chi connectivity index (χ2n) is 7.21. The smallest absolute Gasteiger partial charge is 0.261 e. The number of thioether (sulfide) groups is 1. The van der Waals surface area contributed by atoms with Crippen molar-refractivity contribution in [3.05, 3.63) is 70.5 Å². The number of hydrogen-bond donors (Lipinski definition) is 0. The van der Waals surface area contributed by atoms with E-state index >= 15 is 0 Å². The molecule has 0 saturated carbocycles. The topological polar surface area (TPSA) is 58.4 Å². The molecule has 0 spiro atoms. The van der Waals surface area contributed by atoms with Gasteiger partial charge in [0, 0.05) is 39.8 Å². The summed E-state index contributed by atoms with van der Waals surface area (Å²) >= 11 is 1.33. The van der Waals surface area contributed by atoms with E-state index in [4.69, 9.17) is 0 Å². The molecule has 1 amide bonds. The Morgan fingerprint density at radius 3 is 2.45 bits per heavy atom. The van der Waals surface area contributed by atoms with Gasteiger partial charge in [0.2, 0.25) is 5.91 Å². The largest absolute Gasteiger partial charge is 0.339 e. The zero-order valence-corrected chi connectivity index (χ0v) is 17.3. The minimum atomic E-state index is -0.0833. The molecule has 1 aliphatic heterocycles. The van der Waals surface area contributed by atoms with Crippen molar-refractivity contribution in [3.63, 3.8) is 0 Å². The second-order valence-corrected chi connectivity index (χ2v) is 8.15. The van der Waals surface area contributed by atoms with Crippen LogP contribution in [0.4, 0.5) is 0 Å². The molecule has 1 aromatic heterocycles. The van der Waals surface area contributed by atoms with E-state index in [2.05, 4.69) is 34.1 Å². The van der Waals surface area contributed by atoms with E-state index in [1.807, 2.05) is 29.2 Å². The van der Waals surface area contributed by atoms with Gasteiger partial charge in [0.15, 0.2) is 5.16 Å². The van der Waals surface area contributed by atoms with E-state index in [0.717, 1.165) is 32.7 Å². The molecule has 2 heterocycles. The molecule has 150 valence electrons. The molecule has 1 fully saturated rings. The molecule has 0 N–H and O–H groups in total. The van der Waals surface area contributed by atoms with E-state index < -0.39 is 0 Å². The normalized spacial score (nSPS) is 15.0. The third-order valence-corrected chi connectivity index (χ3v) is 6.26. The lowest BCUT2D eigenvalue weighted by atomic mass is 10.2. The molecule has 7 heteroatoms. The molecule has 2 aromatic carbocycles. The number of fused-ring (bicyclic) bond motifs is 1. The van der Waals surface area contributed by atoms with Crippen LogP contribution in [0.5, 0.6) is 0 Å². The molecule has 0 unspecified atom stereocenters. The van der Waals surface area contributed by atoms with Crippen LogP contribution in [0.2, 0.25) is 0 Å². The standard InChI is InChI=1S/C22H24N4O2S/c1-24-21(28)18-9-5-6-10-19(18)23-22(24)29-16-20(27)26-13-11-25(12-14-26)15-17-7-3-2-4-8-17/h2-10H,11-16H2,1H3. The van der Waals surface area contributed by atoms with Crippen molar-refractivity contribution in [2.24, 2.45) is 7.05 Å². The maximum Gasteiger partial charge on any atom is 0.261 e. The first-order valence-electron chi connectivity index (χ1n) is 9.74. The van der Waals surface area contributed by atoms with E-state index in [9.17, 15) is 9.59 Å². The van der Waals surface area contributed by atoms with Crippen molar-refractivity contribution >= 4 is 28.6 Å². The molecule has 1 aliphatic rings. The van der Waals surface area contributed by atoms with E-state index in [1.165, 1.54) is 21.9 Å². The van der Waals surface area contributed by atoms with Crippen LogP contribution in [-0.4, -0.2) is 57.2 Å². The molecule has 0 atom stereocenters. The predicted octanol–water partition coefficient (Wildman–Crippen LogP) is 2.37. The number of aromatic nitrogens is 2. The number of amides is 1. The summed E-state index contributed by atoms with van der Waals surface area (Å²) in [5.74, 6) is 0.383. The molecular formula is C22H24N4O2S. The van der Waals surface area contributed by atoms with Gasteiger partial charge in [0.25, 0.3) is 5.56 Å². The number of hydrogen-bond acceptors (Lipinski definition) is 5. The highest BCUT2D eigenvalue weighted by molar-refractivity contribution is 7.99. The summed E-state index contributed by atoms with van der Waals surface area (Å²) in [4.78, 5) is 34.0. The summed E-state index contributed by atoms with van der Waals surface area (Å²) in [6.45, 7) is 4.13. The average Bonchev–Trinajstić information content (AvgIpc) is 2.76. The molecule has 29 heavy (non-hydrogen) atoms. The van der Waals surface area contributed by atoms with Gasteiger partial charge in [-0.05, 0) is 17.7 Å². The van der Waals surface area contributed by atoms with E-state index in [0.29, 0.717) is 16.1 Å². The van der Waals surface area contributed by atoms with Gasteiger partial charge >= 0.3 is 0 Å². The Morgan fingerprint density at radius 1 is 1.00 bits per heavy atom. The summed E-state index contributed by atoms with van der Waals surface area (Å²) < 4.78 is 1.53. The van der Waals surface area contributed by atoms with E-state index in [1.54, 1.807) is 13.1 Å². The van der Waals surface area contributed by atoms with Crippen molar-refractivity contribution < 1.29 is 4.79 Å². The Balaban J connectivity index is 1.33. The monoisotopic (exact) mass is 408 g/mol. The molecule has 4 rings (SSSR count). The lowest BCUT2D eigenvalue weighted by Crippen LogP contribution is -2.48. The highest BCUT2D eigenvalue weighted by Gasteiger charge is 2.21. The quantitative estimate of drug-likeness (QED) is 0.479. The van der Waals surface area contributed by atoms with Crippen LogP contribution in [0.3, 0.4) is 0 Å². The van der Waals surface area contributed by atoms with Gasteiger partial charge in [-0.1, -0.05) is 54.2 Å². The lowest BCUT2D eigenvalue weighted by molar-refractivity contribution is -0.130.